The Labute approximate surface area is 194 Å². The van der Waals surface area contributed by atoms with E-state index >= 15 is 0 Å². The van der Waals surface area contributed by atoms with Gasteiger partial charge in [-0.15, -0.1) is 0 Å². The predicted molar refractivity (Wildman–Crippen MR) is 124 cm³/mol. The maximum Gasteiger partial charge on any atom is 0.246 e. The molecule has 2 aromatic carbocycles. The van der Waals surface area contributed by atoms with Crippen molar-refractivity contribution in [2.45, 2.75) is 31.3 Å². The SMILES string of the molecule is Cc1nn(CC(=O)NC(c2ccccc2)c2ccccc2)c(C)c1S(=O)(=O)N1CCOCC1. The zero-order chi connectivity index (χ0) is 23.4. The number of benzene rings is 2. The first-order valence-corrected chi connectivity index (χ1v) is 12.3. The summed E-state index contributed by atoms with van der Waals surface area (Å²) in [6, 6.07) is 19.1. The molecular formula is C24H28N4O4S. The van der Waals surface area contributed by atoms with Crippen molar-refractivity contribution < 1.29 is 17.9 Å². The van der Waals surface area contributed by atoms with Crippen LogP contribution in [0.25, 0.3) is 0 Å². The Morgan fingerprint density at radius 1 is 1.00 bits per heavy atom. The van der Waals surface area contributed by atoms with Gasteiger partial charge in [0.1, 0.15) is 11.4 Å². The summed E-state index contributed by atoms with van der Waals surface area (Å²) >= 11 is 0. The van der Waals surface area contributed by atoms with E-state index in [9.17, 15) is 13.2 Å². The van der Waals surface area contributed by atoms with Crippen LogP contribution in [0.15, 0.2) is 65.6 Å². The van der Waals surface area contributed by atoms with Crippen LogP contribution in [-0.4, -0.2) is 54.7 Å². The Balaban J connectivity index is 1.56. The number of rotatable bonds is 7. The first kappa shape index (κ1) is 23.2. The summed E-state index contributed by atoms with van der Waals surface area (Å²) in [5.74, 6) is -0.256. The zero-order valence-corrected chi connectivity index (χ0v) is 19.6. The standard InChI is InChI=1S/C24H28N4O4S/c1-18-24(33(30,31)27-13-15-32-16-14-27)19(2)28(26-18)17-22(29)25-23(20-9-5-3-6-10-20)21-11-7-4-8-12-21/h3-12,23H,13-17H2,1-2H3,(H,25,29). The largest absolute Gasteiger partial charge is 0.379 e. The summed E-state index contributed by atoms with van der Waals surface area (Å²) < 4.78 is 34.5. The zero-order valence-electron chi connectivity index (χ0n) is 18.8. The molecule has 1 fully saturated rings. The molecule has 3 aromatic rings. The van der Waals surface area contributed by atoms with Gasteiger partial charge in [0, 0.05) is 13.1 Å². The molecule has 1 N–H and O–H groups in total. The molecule has 0 bridgehead atoms. The number of amides is 1. The normalized spacial score (nSPS) is 15.0. The second-order valence-corrected chi connectivity index (χ2v) is 9.87. The fourth-order valence-corrected chi connectivity index (χ4v) is 5.90. The van der Waals surface area contributed by atoms with E-state index in [-0.39, 0.29) is 23.4 Å². The third-order valence-electron chi connectivity index (χ3n) is 5.75. The first-order valence-electron chi connectivity index (χ1n) is 10.9. The number of carbonyl (C=O) groups excluding carboxylic acids is 1. The molecule has 0 radical (unpaired) electrons. The van der Waals surface area contributed by atoms with Gasteiger partial charge in [0.15, 0.2) is 0 Å². The number of aryl methyl sites for hydroxylation is 1. The Kier molecular flexibility index (Phi) is 6.92. The van der Waals surface area contributed by atoms with Gasteiger partial charge >= 0.3 is 0 Å². The van der Waals surface area contributed by atoms with Crippen molar-refractivity contribution in [1.82, 2.24) is 19.4 Å². The van der Waals surface area contributed by atoms with E-state index in [0.29, 0.717) is 37.7 Å². The Morgan fingerprint density at radius 3 is 2.09 bits per heavy atom. The van der Waals surface area contributed by atoms with Gasteiger partial charge in [0.05, 0.1) is 30.6 Å². The molecule has 0 aliphatic carbocycles. The third kappa shape index (κ3) is 5.00. The molecule has 0 atom stereocenters. The van der Waals surface area contributed by atoms with Crippen LogP contribution in [0.2, 0.25) is 0 Å². The lowest BCUT2D eigenvalue weighted by atomic mass is 9.99. The van der Waals surface area contributed by atoms with Gasteiger partial charge in [-0.2, -0.15) is 9.40 Å². The molecule has 0 saturated carbocycles. The van der Waals surface area contributed by atoms with Gasteiger partial charge < -0.3 is 10.1 Å². The summed E-state index contributed by atoms with van der Waals surface area (Å²) in [6.45, 7) is 4.62. The Morgan fingerprint density at radius 2 is 1.55 bits per heavy atom. The molecule has 2 heterocycles. The molecule has 174 valence electrons. The lowest BCUT2D eigenvalue weighted by Gasteiger charge is -2.26. The Hall–Kier alpha value is -3.01. The topological polar surface area (TPSA) is 93.5 Å². The number of hydrogen-bond donors (Lipinski definition) is 1. The van der Waals surface area contributed by atoms with Gasteiger partial charge in [-0.25, -0.2) is 8.42 Å². The van der Waals surface area contributed by atoms with E-state index in [0.717, 1.165) is 11.1 Å². The first-order chi connectivity index (χ1) is 15.9. The maximum absolute atomic E-state index is 13.2. The quantitative estimate of drug-likeness (QED) is 0.575. The van der Waals surface area contributed by atoms with Crippen molar-refractivity contribution in [2.75, 3.05) is 26.3 Å². The van der Waals surface area contributed by atoms with Crippen LogP contribution in [-0.2, 0) is 26.1 Å². The van der Waals surface area contributed by atoms with E-state index in [1.165, 1.54) is 8.99 Å². The van der Waals surface area contributed by atoms with E-state index in [4.69, 9.17) is 4.74 Å². The number of nitrogens with one attached hydrogen (secondary N) is 1. The molecule has 0 unspecified atom stereocenters. The van der Waals surface area contributed by atoms with Crippen LogP contribution in [0.4, 0.5) is 0 Å². The van der Waals surface area contributed by atoms with Crippen molar-refractivity contribution in [2.24, 2.45) is 0 Å². The summed E-state index contributed by atoms with van der Waals surface area (Å²) in [6.07, 6.45) is 0. The molecule has 9 heteroatoms. The van der Waals surface area contributed by atoms with Crippen molar-refractivity contribution in [3.63, 3.8) is 0 Å². The van der Waals surface area contributed by atoms with Crippen molar-refractivity contribution >= 4 is 15.9 Å². The highest BCUT2D eigenvalue weighted by Gasteiger charge is 2.32. The van der Waals surface area contributed by atoms with E-state index in [1.54, 1.807) is 13.8 Å². The molecule has 1 aliphatic rings. The van der Waals surface area contributed by atoms with Crippen molar-refractivity contribution in [3.05, 3.63) is 83.2 Å². The van der Waals surface area contributed by atoms with Gasteiger partial charge in [-0.1, -0.05) is 60.7 Å². The summed E-state index contributed by atoms with van der Waals surface area (Å²) in [7, 11) is -3.71. The molecule has 0 spiro atoms. The fourth-order valence-electron chi connectivity index (χ4n) is 4.12. The second kappa shape index (κ2) is 9.86. The maximum atomic E-state index is 13.2. The van der Waals surface area contributed by atoms with E-state index in [1.807, 2.05) is 60.7 Å². The highest BCUT2D eigenvalue weighted by atomic mass is 32.2. The molecule has 8 nitrogen and oxygen atoms in total. The van der Waals surface area contributed by atoms with Gasteiger partial charge in [0.2, 0.25) is 15.9 Å². The van der Waals surface area contributed by atoms with Crippen LogP contribution >= 0.6 is 0 Å². The van der Waals surface area contributed by atoms with E-state index < -0.39 is 10.0 Å². The monoisotopic (exact) mass is 468 g/mol. The van der Waals surface area contributed by atoms with E-state index in [2.05, 4.69) is 10.4 Å². The smallest absolute Gasteiger partial charge is 0.246 e. The highest BCUT2D eigenvalue weighted by Crippen LogP contribution is 2.25. The molecular weight excluding hydrogens is 440 g/mol. The average molecular weight is 469 g/mol. The van der Waals surface area contributed by atoms with Gasteiger partial charge in [-0.3, -0.25) is 9.48 Å². The summed E-state index contributed by atoms with van der Waals surface area (Å²) in [4.78, 5) is 13.2. The minimum Gasteiger partial charge on any atom is -0.379 e. The van der Waals surface area contributed by atoms with Crippen molar-refractivity contribution in [3.8, 4) is 0 Å². The predicted octanol–water partition coefficient (Wildman–Crippen LogP) is 2.43. The minimum absolute atomic E-state index is 0.0819. The van der Waals surface area contributed by atoms with Crippen LogP contribution < -0.4 is 5.32 Å². The number of aromatic nitrogens is 2. The number of nitrogens with zero attached hydrogens (tertiary/aromatic N) is 3. The fraction of sp³-hybridized carbons (Fsp3) is 0.333. The third-order valence-corrected chi connectivity index (χ3v) is 7.90. The molecule has 4 rings (SSSR count). The minimum atomic E-state index is -3.71. The number of morpholine rings is 1. The van der Waals surface area contributed by atoms with Crippen LogP contribution in [0.1, 0.15) is 28.6 Å². The summed E-state index contributed by atoms with van der Waals surface area (Å²) in [5.41, 5.74) is 2.75. The number of ether oxygens (including phenoxy) is 1. The highest BCUT2D eigenvalue weighted by molar-refractivity contribution is 7.89. The Bertz CT molecular complexity index is 1160. The van der Waals surface area contributed by atoms with Crippen LogP contribution in [0.3, 0.4) is 0 Å². The van der Waals surface area contributed by atoms with Gasteiger partial charge in [0.25, 0.3) is 0 Å². The van der Waals surface area contributed by atoms with Crippen molar-refractivity contribution in [1.29, 1.82) is 0 Å². The molecule has 1 amide bonds. The molecule has 1 saturated heterocycles. The molecule has 1 aliphatic heterocycles. The number of hydrogen-bond acceptors (Lipinski definition) is 5. The number of carbonyl (C=O) groups is 1. The molecule has 1 aromatic heterocycles. The average Bonchev–Trinajstić information content (AvgIpc) is 3.12. The molecule has 33 heavy (non-hydrogen) atoms. The van der Waals surface area contributed by atoms with Crippen LogP contribution in [0, 0.1) is 13.8 Å². The van der Waals surface area contributed by atoms with Gasteiger partial charge in [-0.05, 0) is 25.0 Å². The summed E-state index contributed by atoms with van der Waals surface area (Å²) in [5, 5.41) is 7.46. The number of sulfonamides is 1. The second-order valence-electron chi connectivity index (χ2n) is 8.00. The lowest BCUT2D eigenvalue weighted by Crippen LogP contribution is -2.41. The van der Waals surface area contributed by atoms with Crippen LogP contribution in [0.5, 0.6) is 0 Å². The lowest BCUT2D eigenvalue weighted by molar-refractivity contribution is -0.122.